The van der Waals surface area contributed by atoms with Gasteiger partial charge in [0.15, 0.2) is 6.61 Å². The molecule has 2 aromatic rings. The summed E-state index contributed by atoms with van der Waals surface area (Å²) in [5, 5.41) is 3.41. The summed E-state index contributed by atoms with van der Waals surface area (Å²) in [7, 11) is 0. The highest BCUT2D eigenvalue weighted by Gasteiger charge is 2.05. The van der Waals surface area contributed by atoms with Crippen LogP contribution in [-0.2, 0) is 17.8 Å². The lowest BCUT2D eigenvalue weighted by atomic mass is 10.1. The Kier molecular flexibility index (Phi) is 5.78. The van der Waals surface area contributed by atoms with Gasteiger partial charge in [0, 0.05) is 11.6 Å². The third kappa shape index (κ3) is 4.74. The van der Waals surface area contributed by atoms with Gasteiger partial charge in [-0.05, 0) is 47.9 Å². The summed E-state index contributed by atoms with van der Waals surface area (Å²) < 4.78 is 18.2. The summed E-state index contributed by atoms with van der Waals surface area (Å²) in [4.78, 5) is 11.7. The summed E-state index contributed by atoms with van der Waals surface area (Å²) in [5.41, 5.74) is 1.81. The number of hydrogen-bond donors (Lipinski definition) is 1. The molecule has 0 unspecified atom stereocenters. The molecule has 0 bridgehead atoms. The van der Waals surface area contributed by atoms with Gasteiger partial charge >= 0.3 is 0 Å². The Morgan fingerprint density at radius 2 is 1.95 bits per heavy atom. The molecule has 2 aromatic carbocycles. The number of benzene rings is 2. The molecule has 0 fully saturated rings. The molecule has 3 nitrogen and oxygen atoms in total. The van der Waals surface area contributed by atoms with E-state index in [1.54, 1.807) is 24.3 Å². The maximum atomic E-state index is 12.8. The van der Waals surface area contributed by atoms with Gasteiger partial charge in [-0.15, -0.1) is 0 Å². The van der Waals surface area contributed by atoms with Crippen molar-refractivity contribution < 1.29 is 13.9 Å². The van der Waals surface area contributed by atoms with Crippen LogP contribution in [0.25, 0.3) is 0 Å². The maximum absolute atomic E-state index is 12.8. The first-order chi connectivity index (χ1) is 10.6. The van der Waals surface area contributed by atoms with E-state index in [9.17, 15) is 9.18 Å². The second kappa shape index (κ2) is 7.80. The fraction of sp³-hybridized carbons (Fsp3) is 0.235. The highest BCUT2D eigenvalue weighted by atomic mass is 35.5. The quantitative estimate of drug-likeness (QED) is 0.880. The van der Waals surface area contributed by atoms with E-state index in [-0.39, 0.29) is 18.3 Å². The van der Waals surface area contributed by atoms with E-state index in [0.717, 1.165) is 17.5 Å². The van der Waals surface area contributed by atoms with Crippen molar-refractivity contribution in [1.82, 2.24) is 5.32 Å². The molecule has 0 atom stereocenters. The Balaban J connectivity index is 1.81. The average molecular weight is 322 g/mol. The number of hydrogen-bond acceptors (Lipinski definition) is 2. The number of halogens is 2. The van der Waals surface area contributed by atoms with Crippen LogP contribution in [0, 0.1) is 5.82 Å². The topological polar surface area (TPSA) is 38.3 Å². The van der Waals surface area contributed by atoms with E-state index in [1.807, 2.05) is 13.0 Å². The zero-order chi connectivity index (χ0) is 15.9. The van der Waals surface area contributed by atoms with Gasteiger partial charge in [-0.1, -0.05) is 30.7 Å². The van der Waals surface area contributed by atoms with Crippen LogP contribution in [0.1, 0.15) is 18.1 Å². The Morgan fingerprint density at radius 1 is 1.23 bits per heavy atom. The number of rotatable bonds is 6. The van der Waals surface area contributed by atoms with Crippen LogP contribution < -0.4 is 10.1 Å². The number of aryl methyl sites for hydroxylation is 1. The van der Waals surface area contributed by atoms with E-state index >= 15 is 0 Å². The summed E-state index contributed by atoms with van der Waals surface area (Å²) in [6.07, 6.45) is 0.798. The van der Waals surface area contributed by atoms with Gasteiger partial charge in [-0.25, -0.2) is 4.39 Å². The van der Waals surface area contributed by atoms with E-state index in [0.29, 0.717) is 17.3 Å². The van der Waals surface area contributed by atoms with E-state index in [1.165, 1.54) is 12.1 Å². The van der Waals surface area contributed by atoms with Gasteiger partial charge in [0.25, 0.3) is 5.91 Å². The molecule has 1 N–H and O–H groups in total. The highest BCUT2D eigenvalue weighted by Crippen LogP contribution is 2.22. The lowest BCUT2D eigenvalue weighted by molar-refractivity contribution is -0.123. The third-order valence-corrected chi connectivity index (χ3v) is 3.54. The van der Waals surface area contributed by atoms with Crippen LogP contribution in [0.15, 0.2) is 42.5 Å². The Hall–Kier alpha value is -2.07. The summed E-state index contributed by atoms with van der Waals surface area (Å²) >= 11 is 6.03. The molecule has 0 aromatic heterocycles. The lowest BCUT2D eigenvalue weighted by Crippen LogP contribution is -2.28. The Labute approximate surface area is 134 Å². The molecule has 22 heavy (non-hydrogen) atoms. The minimum atomic E-state index is -0.298. The molecular formula is C17H17ClFNO2. The highest BCUT2D eigenvalue weighted by molar-refractivity contribution is 6.31. The molecule has 0 aliphatic carbocycles. The van der Waals surface area contributed by atoms with Gasteiger partial charge in [0.2, 0.25) is 0 Å². The van der Waals surface area contributed by atoms with Gasteiger partial charge in [0.1, 0.15) is 11.6 Å². The molecule has 0 saturated heterocycles. The van der Waals surface area contributed by atoms with Crippen LogP contribution in [-0.4, -0.2) is 12.5 Å². The molecule has 0 heterocycles. The molecule has 116 valence electrons. The maximum Gasteiger partial charge on any atom is 0.258 e. The molecule has 0 aliphatic rings. The summed E-state index contributed by atoms with van der Waals surface area (Å²) in [6, 6.07) is 11.3. The molecule has 0 radical (unpaired) electrons. The van der Waals surface area contributed by atoms with E-state index < -0.39 is 0 Å². The first-order valence-electron chi connectivity index (χ1n) is 7.01. The average Bonchev–Trinajstić information content (AvgIpc) is 2.53. The largest absolute Gasteiger partial charge is 0.484 e. The first-order valence-corrected chi connectivity index (χ1v) is 7.38. The standard InChI is InChI=1S/C17H17ClFNO2/c1-2-13-9-15(7-8-16(13)18)22-11-17(21)20-10-12-3-5-14(19)6-4-12/h3-9H,2,10-11H2,1H3,(H,20,21). The Bertz CT molecular complexity index is 644. The van der Waals surface area contributed by atoms with Crippen LogP contribution >= 0.6 is 11.6 Å². The molecule has 5 heteroatoms. The Morgan fingerprint density at radius 3 is 2.64 bits per heavy atom. The second-order valence-electron chi connectivity index (χ2n) is 4.80. The van der Waals surface area contributed by atoms with Crippen LogP contribution in [0.4, 0.5) is 4.39 Å². The lowest BCUT2D eigenvalue weighted by Gasteiger charge is -2.09. The van der Waals surface area contributed by atoms with Gasteiger partial charge < -0.3 is 10.1 Å². The minimum absolute atomic E-state index is 0.0774. The fourth-order valence-corrected chi connectivity index (χ4v) is 2.17. The number of amides is 1. The van der Waals surface area contributed by atoms with Crippen molar-refractivity contribution >= 4 is 17.5 Å². The smallest absolute Gasteiger partial charge is 0.258 e. The summed E-state index contributed by atoms with van der Waals surface area (Å²) in [6.45, 7) is 2.26. The van der Waals surface area contributed by atoms with Crippen LogP contribution in [0.5, 0.6) is 5.75 Å². The van der Waals surface area contributed by atoms with Crippen molar-refractivity contribution in [2.24, 2.45) is 0 Å². The molecule has 2 rings (SSSR count). The number of nitrogens with one attached hydrogen (secondary N) is 1. The molecule has 0 saturated carbocycles. The van der Waals surface area contributed by atoms with Crippen molar-refractivity contribution in [3.8, 4) is 5.75 Å². The molecule has 0 spiro atoms. The van der Waals surface area contributed by atoms with Crippen molar-refractivity contribution in [3.63, 3.8) is 0 Å². The van der Waals surface area contributed by atoms with Crippen molar-refractivity contribution in [1.29, 1.82) is 0 Å². The van der Waals surface area contributed by atoms with E-state index in [2.05, 4.69) is 5.32 Å². The molecular weight excluding hydrogens is 305 g/mol. The fourth-order valence-electron chi connectivity index (χ4n) is 1.91. The second-order valence-corrected chi connectivity index (χ2v) is 5.21. The van der Waals surface area contributed by atoms with Gasteiger partial charge in [0.05, 0.1) is 0 Å². The minimum Gasteiger partial charge on any atom is -0.484 e. The number of carbonyl (C=O) groups excluding carboxylic acids is 1. The molecule has 0 aliphatic heterocycles. The van der Waals surface area contributed by atoms with Gasteiger partial charge in [-0.2, -0.15) is 0 Å². The van der Waals surface area contributed by atoms with Crippen molar-refractivity contribution in [3.05, 3.63) is 64.4 Å². The predicted molar refractivity (Wildman–Crippen MR) is 84.6 cm³/mol. The molecule has 1 amide bonds. The predicted octanol–water partition coefficient (Wildman–Crippen LogP) is 3.74. The van der Waals surface area contributed by atoms with Crippen LogP contribution in [0.3, 0.4) is 0 Å². The normalized spacial score (nSPS) is 10.3. The summed E-state index contributed by atoms with van der Waals surface area (Å²) in [5.74, 6) is 0.0726. The van der Waals surface area contributed by atoms with E-state index in [4.69, 9.17) is 16.3 Å². The third-order valence-electron chi connectivity index (χ3n) is 3.17. The number of carbonyl (C=O) groups is 1. The van der Waals surface area contributed by atoms with Crippen molar-refractivity contribution in [2.75, 3.05) is 6.61 Å². The monoisotopic (exact) mass is 321 g/mol. The SMILES string of the molecule is CCc1cc(OCC(=O)NCc2ccc(F)cc2)ccc1Cl. The number of ether oxygens (including phenoxy) is 1. The zero-order valence-electron chi connectivity index (χ0n) is 12.2. The zero-order valence-corrected chi connectivity index (χ0v) is 13.0. The van der Waals surface area contributed by atoms with Gasteiger partial charge in [-0.3, -0.25) is 4.79 Å². The van der Waals surface area contributed by atoms with Crippen molar-refractivity contribution in [2.45, 2.75) is 19.9 Å². The first kappa shape index (κ1) is 16.3. The van der Waals surface area contributed by atoms with Crippen LogP contribution in [0.2, 0.25) is 5.02 Å².